The molecule has 1 aromatic heterocycles. The molecule has 1 aliphatic heterocycles. The number of H-pyrrole nitrogens is 1. The smallest absolute Gasteiger partial charge is 0.314 e. The van der Waals surface area contributed by atoms with E-state index in [9.17, 15) is 9.59 Å². The number of methoxy groups -OCH3 is 1. The van der Waals surface area contributed by atoms with Gasteiger partial charge in [0, 0.05) is 18.7 Å². The zero-order valence-electron chi connectivity index (χ0n) is 18.8. The molecule has 1 amide bonds. The number of carbonyl (C=O) groups is 2. The minimum atomic E-state index is -0.787. The fourth-order valence-electron chi connectivity index (χ4n) is 4.60. The first-order valence-electron chi connectivity index (χ1n) is 11.0. The molecule has 7 heteroatoms. The van der Waals surface area contributed by atoms with Crippen molar-refractivity contribution in [2.45, 2.75) is 33.1 Å². The number of nitrogens with zero attached hydrogens (tertiary/aromatic N) is 2. The monoisotopic (exact) mass is 435 g/mol. The van der Waals surface area contributed by atoms with E-state index in [1.165, 1.54) is 0 Å². The topological polar surface area (TPSA) is 84.5 Å². The van der Waals surface area contributed by atoms with Crippen LogP contribution in [0, 0.1) is 12.3 Å². The maximum absolute atomic E-state index is 13.4. The van der Waals surface area contributed by atoms with Gasteiger partial charge in [-0.25, -0.2) is 4.98 Å². The molecule has 1 atom stereocenters. The Balaban J connectivity index is 1.62. The number of aromatic amines is 1. The average molecular weight is 436 g/mol. The molecular weight excluding hydrogens is 406 g/mol. The number of aryl methyl sites for hydroxylation is 1. The van der Waals surface area contributed by atoms with Crippen LogP contribution in [0.4, 0.5) is 0 Å². The third kappa shape index (κ3) is 4.33. The molecule has 1 fully saturated rings. The first-order chi connectivity index (χ1) is 15.4. The molecule has 0 bridgehead atoms. The van der Waals surface area contributed by atoms with Crippen LogP contribution < -0.4 is 4.74 Å². The third-order valence-corrected chi connectivity index (χ3v) is 6.10. The number of esters is 1. The Morgan fingerprint density at radius 2 is 2.06 bits per heavy atom. The number of carbonyl (C=O) groups excluding carboxylic acids is 2. The summed E-state index contributed by atoms with van der Waals surface area (Å²) >= 11 is 0. The van der Waals surface area contributed by atoms with Gasteiger partial charge >= 0.3 is 5.97 Å². The van der Waals surface area contributed by atoms with Gasteiger partial charge in [-0.05, 0) is 69.0 Å². The zero-order valence-corrected chi connectivity index (χ0v) is 18.8. The molecular formula is C25H29N3O4. The molecule has 3 aromatic rings. The Hall–Kier alpha value is -3.35. The standard InChI is InChI=1S/C25H29N3O4/c1-4-32-24(30)25(15-18-7-5-8-20(13-18)31-3)11-6-12-28(16-25)23(29)19-9-10-21-22(14-19)27-17(2)26-21/h5,7-10,13-14H,4,6,11-12,15-16H2,1-3H3,(H,26,27). The lowest BCUT2D eigenvalue weighted by molar-refractivity contribution is -0.158. The van der Waals surface area contributed by atoms with Crippen molar-refractivity contribution < 1.29 is 19.1 Å². The van der Waals surface area contributed by atoms with Gasteiger partial charge in [-0.3, -0.25) is 9.59 Å². The van der Waals surface area contributed by atoms with Crippen molar-refractivity contribution in [2.24, 2.45) is 5.41 Å². The Morgan fingerprint density at radius 1 is 1.22 bits per heavy atom. The van der Waals surface area contributed by atoms with Crippen LogP contribution in [-0.2, 0) is 16.0 Å². The molecule has 2 heterocycles. The molecule has 0 aliphatic carbocycles. The van der Waals surface area contributed by atoms with E-state index in [0.717, 1.165) is 34.6 Å². The van der Waals surface area contributed by atoms with Gasteiger partial charge in [0.15, 0.2) is 0 Å². The van der Waals surface area contributed by atoms with Crippen molar-refractivity contribution in [1.29, 1.82) is 0 Å². The van der Waals surface area contributed by atoms with Crippen molar-refractivity contribution in [3.63, 3.8) is 0 Å². The second-order valence-corrected chi connectivity index (χ2v) is 8.41. The zero-order chi connectivity index (χ0) is 22.7. The first kappa shape index (κ1) is 21.9. The van der Waals surface area contributed by atoms with Gasteiger partial charge in [0.25, 0.3) is 5.91 Å². The lowest BCUT2D eigenvalue weighted by atomic mass is 9.75. The van der Waals surface area contributed by atoms with Crippen molar-refractivity contribution >= 4 is 22.9 Å². The Kier molecular flexibility index (Phi) is 6.17. The Labute approximate surface area is 187 Å². The molecule has 1 aliphatic rings. The van der Waals surface area contributed by atoms with E-state index in [-0.39, 0.29) is 11.9 Å². The fourth-order valence-corrected chi connectivity index (χ4v) is 4.60. The highest BCUT2D eigenvalue weighted by molar-refractivity contribution is 5.97. The van der Waals surface area contributed by atoms with E-state index < -0.39 is 5.41 Å². The number of hydrogen-bond acceptors (Lipinski definition) is 5. The number of piperidine rings is 1. The van der Waals surface area contributed by atoms with Crippen LogP contribution in [0.1, 0.15) is 41.5 Å². The first-order valence-corrected chi connectivity index (χ1v) is 11.0. The highest BCUT2D eigenvalue weighted by Crippen LogP contribution is 2.36. The summed E-state index contributed by atoms with van der Waals surface area (Å²) in [6.07, 6.45) is 1.90. The van der Waals surface area contributed by atoms with Crippen molar-refractivity contribution in [1.82, 2.24) is 14.9 Å². The van der Waals surface area contributed by atoms with Crippen molar-refractivity contribution in [3.8, 4) is 5.75 Å². The fraction of sp³-hybridized carbons (Fsp3) is 0.400. The summed E-state index contributed by atoms with van der Waals surface area (Å²) in [4.78, 5) is 35.9. The lowest BCUT2D eigenvalue weighted by Crippen LogP contribution is -2.51. The van der Waals surface area contributed by atoms with Crippen LogP contribution in [-0.4, -0.2) is 53.6 Å². The number of fused-ring (bicyclic) bond motifs is 1. The molecule has 2 aromatic carbocycles. The molecule has 0 saturated carbocycles. The summed E-state index contributed by atoms with van der Waals surface area (Å²) in [6.45, 7) is 4.94. The normalized spacial score (nSPS) is 18.5. The number of rotatable bonds is 6. The highest BCUT2D eigenvalue weighted by atomic mass is 16.5. The second kappa shape index (κ2) is 9.02. The van der Waals surface area contributed by atoms with Crippen LogP contribution in [0.15, 0.2) is 42.5 Å². The van der Waals surface area contributed by atoms with Crippen LogP contribution in [0.5, 0.6) is 5.75 Å². The Morgan fingerprint density at radius 3 is 2.84 bits per heavy atom. The largest absolute Gasteiger partial charge is 0.497 e. The SMILES string of the molecule is CCOC(=O)C1(Cc2cccc(OC)c2)CCCN(C(=O)c2ccc3nc(C)[nH]c3c2)C1. The second-order valence-electron chi connectivity index (χ2n) is 8.41. The van der Waals surface area contributed by atoms with Crippen LogP contribution in [0.25, 0.3) is 11.0 Å². The van der Waals surface area contributed by atoms with E-state index >= 15 is 0 Å². The minimum Gasteiger partial charge on any atom is -0.497 e. The van der Waals surface area contributed by atoms with Gasteiger partial charge < -0.3 is 19.4 Å². The van der Waals surface area contributed by atoms with Crippen LogP contribution in [0.2, 0.25) is 0 Å². The predicted octanol–water partition coefficient (Wildman–Crippen LogP) is 3.91. The summed E-state index contributed by atoms with van der Waals surface area (Å²) in [5.74, 6) is 1.22. The molecule has 1 N–H and O–H groups in total. The van der Waals surface area contributed by atoms with E-state index in [0.29, 0.717) is 38.1 Å². The molecule has 168 valence electrons. The highest BCUT2D eigenvalue weighted by Gasteiger charge is 2.45. The molecule has 0 radical (unpaired) electrons. The van der Waals surface area contributed by atoms with E-state index in [1.54, 1.807) is 18.1 Å². The van der Waals surface area contributed by atoms with Crippen molar-refractivity contribution in [2.75, 3.05) is 26.8 Å². The number of aromatic nitrogens is 2. The summed E-state index contributed by atoms with van der Waals surface area (Å²) < 4.78 is 10.8. The molecule has 32 heavy (non-hydrogen) atoms. The average Bonchev–Trinajstić information content (AvgIpc) is 3.18. The number of nitrogens with one attached hydrogen (secondary N) is 1. The van der Waals surface area contributed by atoms with E-state index in [2.05, 4.69) is 9.97 Å². The molecule has 1 unspecified atom stereocenters. The number of ether oxygens (including phenoxy) is 2. The predicted molar refractivity (Wildman–Crippen MR) is 122 cm³/mol. The molecule has 0 spiro atoms. The number of hydrogen-bond donors (Lipinski definition) is 1. The molecule has 4 rings (SSSR count). The molecule has 1 saturated heterocycles. The van der Waals surface area contributed by atoms with Gasteiger partial charge in [0.05, 0.1) is 30.2 Å². The van der Waals surface area contributed by atoms with Gasteiger partial charge in [-0.2, -0.15) is 0 Å². The van der Waals surface area contributed by atoms with Gasteiger partial charge in [0.1, 0.15) is 11.6 Å². The molecule has 7 nitrogen and oxygen atoms in total. The number of amides is 1. The van der Waals surface area contributed by atoms with Gasteiger partial charge in [0.2, 0.25) is 0 Å². The number of benzene rings is 2. The van der Waals surface area contributed by atoms with E-state index in [1.807, 2.05) is 50.2 Å². The summed E-state index contributed by atoms with van der Waals surface area (Å²) in [5, 5.41) is 0. The number of likely N-dealkylation sites (tertiary alicyclic amines) is 1. The summed E-state index contributed by atoms with van der Waals surface area (Å²) in [6, 6.07) is 13.2. The lowest BCUT2D eigenvalue weighted by Gasteiger charge is -2.41. The van der Waals surface area contributed by atoms with Crippen molar-refractivity contribution in [3.05, 3.63) is 59.4 Å². The summed E-state index contributed by atoms with van der Waals surface area (Å²) in [7, 11) is 1.62. The van der Waals surface area contributed by atoms with Crippen LogP contribution >= 0.6 is 0 Å². The maximum atomic E-state index is 13.4. The quantitative estimate of drug-likeness (QED) is 0.594. The summed E-state index contributed by atoms with van der Waals surface area (Å²) in [5.41, 5.74) is 2.45. The third-order valence-electron chi connectivity index (χ3n) is 6.10. The van der Waals surface area contributed by atoms with Gasteiger partial charge in [-0.15, -0.1) is 0 Å². The number of imidazole rings is 1. The van der Waals surface area contributed by atoms with Gasteiger partial charge in [-0.1, -0.05) is 12.1 Å². The van der Waals surface area contributed by atoms with Crippen LogP contribution in [0.3, 0.4) is 0 Å². The Bertz CT molecular complexity index is 1140. The van der Waals surface area contributed by atoms with E-state index in [4.69, 9.17) is 9.47 Å². The maximum Gasteiger partial charge on any atom is 0.314 e. The minimum absolute atomic E-state index is 0.0850.